The molecule has 0 aliphatic rings. The van der Waals surface area contributed by atoms with Gasteiger partial charge in [-0.15, -0.1) is 0 Å². The van der Waals surface area contributed by atoms with E-state index < -0.39 is 29.5 Å². The van der Waals surface area contributed by atoms with Gasteiger partial charge < -0.3 is 0 Å². The summed E-state index contributed by atoms with van der Waals surface area (Å²) in [4.78, 5) is 0. The molecule has 0 saturated carbocycles. The summed E-state index contributed by atoms with van der Waals surface area (Å²) in [7, 11) is 0. The highest BCUT2D eigenvalue weighted by molar-refractivity contribution is 5.31. The maximum Gasteiger partial charge on any atom is 0.416 e. The van der Waals surface area contributed by atoms with E-state index in [0.29, 0.717) is 12.1 Å². The van der Waals surface area contributed by atoms with Crippen LogP contribution in [0.2, 0.25) is 0 Å². The zero-order valence-corrected chi connectivity index (χ0v) is 8.71. The fraction of sp³-hybridized carbons (Fsp3) is 0.400. The van der Waals surface area contributed by atoms with Crippen molar-refractivity contribution in [3.05, 3.63) is 35.9 Å². The lowest BCUT2D eigenvalue weighted by molar-refractivity contribution is -0.387. The Bertz CT molecular complexity index is 387. The summed E-state index contributed by atoms with van der Waals surface area (Å²) in [6, 6.07) is 3.61. The summed E-state index contributed by atoms with van der Waals surface area (Å²) in [5, 5.41) is 0. The molecule has 0 amide bonds. The van der Waals surface area contributed by atoms with Crippen molar-refractivity contribution in [3.8, 4) is 0 Å². The minimum Gasteiger partial charge on any atom is -0.169 e. The van der Waals surface area contributed by atoms with Crippen LogP contribution in [0.4, 0.5) is 39.5 Å². The van der Waals surface area contributed by atoms with Crippen LogP contribution in [0.25, 0.3) is 0 Å². The van der Waals surface area contributed by atoms with Crippen molar-refractivity contribution in [2.24, 2.45) is 0 Å². The summed E-state index contributed by atoms with van der Waals surface area (Å²) >= 11 is 0. The molecule has 0 spiro atoms. The molecule has 0 heterocycles. The number of alkyl halides is 9. The molecule has 1 aromatic carbocycles. The summed E-state index contributed by atoms with van der Waals surface area (Å²) in [5.41, 5.74) is -7.99. The van der Waals surface area contributed by atoms with Gasteiger partial charge in [0, 0.05) is 0 Å². The maximum absolute atomic E-state index is 12.6. The monoisotopic (exact) mass is 295 g/mol. The summed E-state index contributed by atoms with van der Waals surface area (Å²) < 4.78 is 113. The number of benzene rings is 1. The minimum absolute atomic E-state index is 0.0917. The Morgan fingerprint density at radius 1 is 0.684 bits per heavy atom. The molecule has 0 fully saturated rings. The lowest BCUT2D eigenvalue weighted by Gasteiger charge is -2.38. The highest BCUT2D eigenvalue weighted by atomic mass is 19.4. The molecule has 0 aromatic heterocycles. The summed E-state index contributed by atoms with van der Waals surface area (Å²) in [6.45, 7) is 0. The van der Waals surface area contributed by atoms with E-state index in [2.05, 4.69) is 0 Å². The van der Waals surface area contributed by atoms with E-state index in [-0.39, 0.29) is 6.07 Å². The lowest BCUT2D eigenvalue weighted by atomic mass is 9.78. The van der Waals surface area contributed by atoms with Crippen LogP contribution in [-0.4, -0.2) is 18.5 Å². The molecule has 9 heteroatoms. The quantitative estimate of drug-likeness (QED) is 0.673. The zero-order valence-electron chi connectivity index (χ0n) is 8.71. The molecule has 0 aliphatic heterocycles. The van der Waals surface area contributed by atoms with Crippen molar-refractivity contribution in [3.63, 3.8) is 0 Å². The maximum atomic E-state index is 12.6. The highest BCUT2D eigenvalue weighted by Gasteiger charge is 2.84. The van der Waals surface area contributed by atoms with E-state index in [1.165, 1.54) is 6.07 Å². The first kappa shape index (κ1) is 15.6. The average Bonchev–Trinajstić information content (AvgIpc) is 2.12. The Hall–Kier alpha value is -1.41. The van der Waals surface area contributed by atoms with Gasteiger partial charge in [0.05, 0.1) is 0 Å². The van der Waals surface area contributed by atoms with Crippen molar-refractivity contribution < 1.29 is 39.5 Å². The van der Waals surface area contributed by atoms with Crippen molar-refractivity contribution in [2.45, 2.75) is 23.9 Å². The van der Waals surface area contributed by atoms with Gasteiger partial charge in [-0.1, -0.05) is 24.3 Å². The standard InChI is InChI=1S/C10H4F9/c11-8(12,13)7(9(14,15)16,10(17,18)19)6-4-2-1-3-5-6/h1-4H. The second-order valence-electron chi connectivity index (χ2n) is 3.52. The molecule has 0 N–H and O–H groups in total. The van der Waals surface area contributed by atoms with E-state index in [0.717, 1.165) is 6.07 Å². The number of halogens is 9. The van der Waals surface area contributed by atoms with E-state index in [4.69, 9.17) is 0 Å². The first-order valence-electron chi connectivity index (χ1n) is 4.53. The smallest absolute Gasteiger partial charge is 0.169 e. The number of hydrogen-bond acceptors (Lipinski definition) is 0. The second-order valence-corrected chi connectivity index (χ2v) is 3.52. The largest absolute Gasteiger partial charge is 0.416 e. The van der Waals surface area contributed by atoms with Crippen LogP contribution in [0.1, 0.15) is 5.56 Å². The van der Waals surface area contributed by atoms with Crippen molar-refractivity contribution in [1.82, 2.24) is 0 Å². The summed E-state index contributed by atoms with van der Waals surface area (Å²) in [6.07, 6.45) is -19.8. The molecule has 0 nitrogen and oxygen atoms in total. The third-order valence-corrected chi connectivity index (χ3v) is 2.39. The molecule has 1 radical (unpaired) electrons. The van der Waals surface area contributed by atoms with Gasteiger partial charge in [-0.3, -0.25) is 0 Å². The molecular formula is C10H4F9. The second kappa shape index (κ2) is 4.31. The van der Waals surface area contributed by atoms with Gasteiger partial charge in [-0.2, -0.15) is 39.5 Å². The molecule has 1 aromatic rings. The SMILES string of the molecule is FC(F)(F)C(c1[c]cccc1)(C(F)(F)F)C(F)(F)F. The number of hydrogen-bond donors (Lipinski definition) is 0. The molecule has 0 bridgehead atoms. The molecule has 0 saturated heterocycles. The fourth-order valence-corrected chi connectivity index (χ4v) is 1.57. The van der Waals surface area contributed by atoms with Gasteiger partial charge in [0.25, 0.3) is 5.41 Å². The van der Waals surface area contributed by atoms with Crippen molar-refractivity contribution in [2.75, 3.05) is 0 Å². The molecular weight excluding hydrogens is 291 g/mol. The third kappa shape index (κ3) is 2.25. The topological polar surface area (TPSA) is 0 Å². The highest BCUT2D eigenvalue weighted by Crippen LogP contribution is 2.60. The predicted octanol–water partition coefficient (Wildman–Crippen LogP) is 4.41. The Kier molecular flexibility index (Phi) is 3.55. The van der Waals surface area contributed by atoms with Gasteiger partial charge >= 0.3 is 18.5 Å². The predicted molar refractivity (Wildman–Crippen MR) is 45.1 cm³/mol. The minimum atomic E-state index is -6.60. The van der Waals surface area contributed by atoms with Crippen molar-refractivity contribution in [1.29, 1.82) is 0 Å². The van der Waals surface area contributed by atoms with Gasteiger partial charge in [-0.05, 0) is 11.6 Å². The molecule has 1 rings (SSSR count). The first-order valence-corrected chi connectivity index (χ1v) is 4.53. The Morgan fingerprint density at radius 2 is 1.11 bits per heavy atom. The molecule has 107 valence electrons. The van der Waals surface area contributed by atoms with Crippen LogP contribution >= 0.6 is 0 Å². The van der Waals surface area contributed by atoms with E-state index in [1.54, 1.807) is 0 Å². The van der Waals surface area contributed by atoms with E-state index in [9.17, 15) is 39.5 Å². The summed E-state index contributed by atoms with van der Waals surface area (Å²) in [5.74, 6) is 0. The van der Waals surface area contributed by atoms with Crippen LogP contribution in [0.5, 0.6) is 0 Å². The van der Waals surface area contributed by atoms with Crippen LogP contribution in [-0.2, 0) is 5.41 Å². The van der Waals surface area contributed by atoms with Gasteiger partial charge in [-0.25, -0.2) is 0 Å². The molecule has 0 atom stereocenters. The lowest BCUT2D eigenvalue weighted by Crippen LogP contribution is -2.63. The number of rotatable bonds is 1. The molecule has 19 heavy (non-hydrogen) atoms. The Labute approximate surface area is 100 Å². The van der Waals surface area contributed by atoms with Crippen LogP contribution in [0, 0.1) is 6.07 Å². The fourth-order valence-electron chi connectivity index (χ4n) is 1.57. The van der Waals surface area contributed by atoms with E-state index in [1.807, 2.05) is 0 Å². The Balaban J connectivity index is 3.76. The Morgan fingerprint density at radius 3 is 1.37 bits per heavy atom. The van der Waals surface area contributed by atoms with Crippen molar-refractivity contribution >= 4 is 0 Å². The van der Waals surface area contributed by atoms with Crippen LogP contribution < -0.4 is 0 Å². The third-order valence-electron chi connectivity index (χ3n) is 2.39. The average molecular weight is 295 g/mol. The van der Waals surface area contributed by atoms with Gasteiger partial charge in [0.1, 0.15) is 0 Å². The van der Waals surface area contributed by atoms with E-state index >= 15 is 0 Å². The van der Waals surface area contributed by atoms with Gasteiger partial charge in [0.2, 0.25) is 0 Å². The molecule has 0 unspecified atom stereocenters. The van der Waals surface area contributed by atoms with Crippen LogP contribution in [0.15, 0.2) is 24.3 Å². The normalized spacial score (nSPS) is 14.6. The first-order chi connectivity index (χ1) is 8.36. The zero-order chi connectivity index (χ0) is 15.1. The van der Waals surface area contributed by atoms with Gasteiger partial charge in [0.15, 0.2) is 0 Å². The molecule has 0 aliphatic carbocycles. The van der Waals surface area contributed by atoms with Crippen LogP contribution in [0.3, 0.4) is 0 Å².